The number of nitrogens with two attached hydrogens (primary N) is 1. The first-order chi connectivity index (χ1) is 6.18. The highest BCUT2D eigenvalue weighted by Crippen LogP contribution is 2.07. The molecule has 0 saturated heterocycles. The van der Waals surface area contributed by atoms with E-state index in [0.717, 1.165) is 0 Å². The molecule has 13 heavy (non-hydrogen) atoms. The Morgan fingerprint density at radius 3 is 3.00 bits per heavy atom. The van der Waals surface area contributed by atoms with Crippen molar-refractivity contribution in [3.63, 3.8) is 0 Å². The molecular formula is C7H6N4O2. The number of aromatic carboxylic acids is 1. The summed E-state index contributed by atoms with van der Waals surface area (Å²) in [6.45, 7) is 0. The number of pyridine rings is 1. The molecule has 0 fully saturated rings. The predicted molar refractivity (Wildman–Crippen MR) is 44.4 cm³/mol. The number of rotatable bonds is 1. The molecule has 2 aromatic heterocycles. The molecule has 0 spiro atoms. The van der Waals surface area contributed by atoms with Crippen molar-refractivity contribution < 1.29 is 9.90 Å². The van der Waals surface area contributed by atoms with Crippen molar-refractivity contribution >= 4 is 17.6 Å². The van der Waals surface area contributed by atoms with Gasteiger partial charge in [-0.25, -0.2) is 4.79 Å². The van der Waals surface area contributed by atoms with E-state index in [1.54, 1.807) is 0 Å². The second-order valence-electron chi connectivity index (χ2n) is 2.51. The van der Waals surface area contributed by atoms with Crippen LogP contribution in [0.15, 0.2) is 18.3 Å². The number of carbonyl (C=O) groups is 1. The first kappa shape index (κ1) is 7.53. The maximum absolute atomic E-state index is 10.6. The largest absolute Gasteiger partial charge is 0.478 e. The number of nitrogen functional groups attached to an aromatic ring is 1. The average Bonchev–Trinajstić information content (AvgIpc) is 2.47. The topological polar surface area (TPSA) is 93.5 Å². The van der Waals surface area contributed by atoms with Gasteiger partial charge in [-0.05, 0) is 12.1 Å². The van der Waals surface area contributed by atoms with Gasteiger partial charge in [-0.1, -0.05) is 0 Å². The van der Waals surface area contributed by atoms with Crippen LogP contribution in [0.2, 0.25) is 0 Å². The summed E-state index contributed by atoms with van der Waals surface area (Å²) >= 11 is 0. The van der Waals surface area contributed by atoms with Crippen LogP contribution in [0.3, 0.4) is 0 Å². The zero-order valence-electron chi connectivity index (χ0n) is 6.51. The molecule has 0 radical (unpaired) electrons. The fraction of sp³-hybridized carbons (Fsp3) is 0. The van der Waals surface area contributed by atoms with Crippen molar-refractivity contribution in [1.82, 2.24) is 14.6 Å². The van der Waals surface area contributed by atoms with Gasteiger partial charge in [0, 0.05) is 6.20 Å². The van der Waals surface area contributed by atoms with Crippen molar-refractivity contribution in [1.29, 1.82) is 0 Å². The van der Waals surface area contributed by atoms with Gasteiger partial charge >= 0.3 is 5.97 Å². The molecule has 3 N–H and O–H groups in total. The van der Waals surface area contributed by atoms with E-state index in [2.05, 4.69) is 10.2 Å². The number of aromatic nitrogens is 3. The van der Waals surface area contributed by atoms with Crippen LogP contribution in [-0.2, 0) is 0 Å². The van der Waals surface area contributed by atoms with E-state index in [0.29, 0.717) is 5.65 Å². The highest BCUT2D eigenvalue weighted by atomic mass is 16.4. The molecule has 2 heterocycles. The van der Waals surface area contributed by atoms with Crippen LogP contribution in [0.4, 0.5) is 5.95 Å². The lowest BCUT2D eigenvalue weighted by molar-refractivity contribution is 0.0697. The molecule has 2 aromatic rings. The summed E-state index contributed by atoms with van der Waals surface area (Å²) in [5.74, 6) is -0.754. The summed E-state index contributed by atoms with van der Waals surface area (Å²) in [6.07, 6.45) is 1.52. The predicted octanol–water partition coefficient (Wildman–Crippen LogP) is 0.00970. The second kappa shape index (κ2) is 2.44. The smallest absolute Gasteiger partial charge is 0.335 e. The van der Waals surface area contributed by atoms with Gasteiger partial charge in [0.15, 0.2) is 5.65 Å². The Morgan fingerprint density at radius 1 is 1.54 bits per heavy atom. The lowest BCUT2D eigenvalue weighted by Crippen LogP contribution is -1.99. The molecule has 2 rings (SSSR count). The lowest BCUT2D eigenvalue weighted by atomic mass is 10.3. The molecular weight excluding hydrogens is 172 g/mol. The third-order valence-electron chi connectivity index (χ3n) is 1.68. The van der Waals surface area contributed by atoms with Gasteiger partial charge in [0.2, 0.25) is 5.95 Å². The SMILES string of the molecule is Nc1nnc2cc(C(=O)O)ccn12. The van der Waals surface area contributed by atoms with Crippen LogP contribution in [0.1, 0.15) is 10.4 Å². The van der Waals surface area contributed by atoms with E-state index in [9.17, 15) is 4.79 Å². The van der Waals surface area contributed by atoms with E-state index >= 15 is 0 Å². The summed E-state index contributed by atoms with van der Waals surface area (Å²) in [6, 6.07) is 2.85. The minimum atomic E-state index is -0.996. The average molecular weight is 178 g/mol. The monoisotopic (exact) mass is 178 g/mol. The summed E-state index contributed by atoms with van der Waals surface area (Å²) in [5.41, 5.74) is 6.04. The maximum atomic E-state index is 10.6. The van der Waals surface area contributed by atoms with E-state index < -0.39 is 5.97 Å². The minimum absolute atomic E-state index is 0.167. The molecule has 0 unspecified atom stereocenters. The van der Waals surface area contributed by atoms with Gasteiger partial charge < -0.3 is 10.8 Å². The Labute approximate surface area is 72.6 Å². The summed E-state index contributed by atoms with van der Waals surface area (Å²) in [7, 11) is 0. The van der Waals surface area contributed by atoms with E-state index in [1.165, 1.54) is 22.7 Å². The fourth-order valence-corrected chi connectivity index (χ4v) is 1.04. The van der Waals surface area contributed by atoms with Crippen LogP contribution >= 0.6 is 0 Å². The van der Waals surface area contributed by atoms with E-state index in [4.69, 9.17) is 10.8 Å². The molecule has 66 valence electrons. The second-order valence-corrected chi connectivity index (χ2v) is 2.51. The van der Waals surface area contributed by atoms with Crippen molar-refractivity contribution in [2.45, 2.75) is 0 Å². The van der Waals surface area contributed by atoms with Crippen molar-refractivity contribution in [2.24, 2.45) is 0 Å². The standard InChI is InChI=1S/C7H6N4O2/c8-7-10-9-5-3-4(6(12)13)1-2-11(5)7/h1-3H,(H2,8,10)(H,12,13). The Hall–Kier alpha value is -2.11. The highest BCUT2D eigenvalue weighted by molar-refractivity contribution is 5.88. The highest BCUT2D eigenvalue weighted by Gasteiger charge is 2.06. The maximum Gasteiger partial charge on any atom is 0.335 e. The molecule has 0 aromatic carbocycles. The number of carboxylic acids is 1. The molecule has 0 aliphatic rings. The normalized spacial score (nSPS) is 10.5. The summed E-state index contributed by atoms with van der Waals surface area (Å²) in [5, 5.41) is 15.9. The molecule has 0 atom stereocenters. The molecule has 6 heteroatoms. The quantitative estimate of drug-likeness (QED) is 0.641. The summed E-state index contributed by atoms with van der Waals surface area (Å²) in [4.78, 5) is 10.6. The fourth-order valence-electron chi connectivity index (χ4n) is 1.04. The van der Waals surface area contributed by atoms with Crippen molar-refractivity contribution in [3.05, 3.63) is 23.9 Å². The molecule has 0 bridgehead atoms. The van der Waals surface area contributed by atoms with Crippen LogP contribution < -0.4 is 5.73 Å². The van der Waals surface area contributed by atoms with Gasteiger partial charge in [0.1, 0.15) is 0 Å². The van der Waals surface area contributed by atoms with Crippen molar-refractivity contribution in [2.75, 3.05) is 5.73 Å². The van der Waals surface area contributed by atoms with Crippen LogP contribution in [0.5, 0.6) is 0 Å². The number of nitrogens with zero attached hydrogens (tertiary/aromatic N) is 3. The molecule has 0 saturated carbocycles. The number of carboxylic acid groups (broad SMARTS) is 1. The van der Waals surface area contributed by atoms with Crippen LogP contribution in [0, 0.1) is 0 Å². The van der Waals surface area contributed by atoms with Gasteiger partial charge in [-0.3, -0.25) is 4.40 Å². The Kier molecular flexibility index (Phi) is 1.42. The van der Waals surface area contributed by atoms with E-state index in [-0.39, 0.29) is 11.5 Å². The molecule has 0 aliphatic heterocycles. The minimum Gasteiger partial charge on any atom is -0.478 e. The molecule has 0 aliphatic carbocycles. The lowest BCUT2D eigenvalue weighted by Gasteiger charge is -1.95. The number of fused-ring (bicyclic) bond motifs is 1. The third kappa shape index (κ3) is 1.08. The van der Waals surface area contributed by atoms with Gasteiger partial charge in [-0.15, -0.1) is 10.2 Å². The zero-order valence-corrected chi connectivity index (χ0v) is 6.51. The first-order valence-corrected chi connectivity index (χ1v) is 3.52. The first-order valence-electron chi connectivity index (χ1n) is 3.52. The van der Waals surface area contributed by atoms with Gasteiger partial charge in [-0.2, -0.15) is 0 Å². The van der Waals surface area contributed by atoms with Crippen molar-refractivity contribution in [3.8, 4) is 0 Å². The Bertz CT molecular complexity index is 476. The van der Waals surface area contributed by atoms with Crippen LogP contribution in [-0.4, -0.2) is 25.7 Å². The summed E-state index contributed by atoms with van der Waals surface area (Å²) < 4.78 is 1.51. The molecule has 0 amide bonds. The Balaban J connectivity index is 2.70. The van der Waals surface area contributed by atoms with E-state index in [1.807, 2.05) is 0 Å². The number of hydrogen-bond donors (Lipinski definition) is 2. The van der Waals surface area contributed by atoms with Gasteiger partial charge in [0.05, 0.1) is 5.56 Å². The zero-order chi connectivity index (χ0) is 9.42. The van der Waals surface area contributed by atoms with Crippen LogP contribution in [0.25, 0.3) is 5.65 Å². The number of hydrogen-bond acceptors (Lipinski definition) is 4. The van der Waals surface area contributed by atoms with Gasteiger partial charge in [0.25, 0.3) is 0 Å². The Morgan fingerprint density at radius 2 is 2.31 bits per heavy atom. The molecule has 6 nitrogen and oxygen atoms in total. The third-order valence-corrected chi connectivity index (χ3v) is 1.68. The number of anilines is 1.